The van der Waals surface area contributed by atoms with E-state index in [0.29, 0.717) is 12.6 Å². The second-order valence-corrected chi connectivity index (χ2v) is 7.42. The maximum Gasteiger partial charge on any atom is 0.0796 e. The third-order valence-electron chi connectivity index (χ3n) is 4.57. The molecule has 0 bridgehead atoms. The van der Waals surface area contributed by atoms with Crippen LogP contribution in [0.2, 0.25) is 0 Å². The third kappa shape index (κ3) is 4.78. The van der Waals surface area contributed by atoms with Gasteiger partial charge in [-0.1, -0.05) is 28.1 Å². The number of hydrogen-bond acceptors (Lipinski definition) is 3. The maximum atomic E-state index is 10.7. The lowest BCUT2D eigenvalue weighted by Crippen LogP contribution is -2.51. The van der Waals surface area contributed by atoms with Gasteiger partial charge in [0, 0.05) is 36.2 Å². The molecule has 2 rings (SSSR count). The van der Waals surface area contributed by atoms with Gasteiger partial charge in [-0.05, 0) is 51.3 Å². The molecule has 118 valence electrons. The number of aliphatic hydroxyl groups is 1. The number of nitrogens with one attached hydrogen (secondary N) is 1. The molecule has 1 saturated heterocycles. The van der Waals surface area contributed by atoms with Crippen molar-refractivity contribution in [3.05, 3.63) is 34.3 Å². The summed E-state index contributed by atoms with van der Waals surface area (Å²) in [5.41, 5.74) is 0.691. The Labute approximate surface area is 136 Å². The molecule has 4 heteroatoms. The molecule has 21 heavy (non-hydrogen) atoms. The van der Waals surface area contributed by atoms with Crippen molar-refractivity contribution in [3.8, 4) is 0 Å². The molecule has 0 unspecified atom stereocenters. The summed E-state index contributed by atoms with van der Waals surface area (Å²) in [7, 11) is 0. The van der Waals surface area contributed by atoms with Gasteiger partial charge < -0.3 is 15.3 Å². The average Bonchev–Trinajstić information content (AvgIpc) is 2.46. The number of piperidine rings is 1. The molecule has 1 heterocycles. The van der Waals surface area contributed by atoms with Crippen molar-refractivity contribution in [1.29, 1.82) is 0 Å². The molecule has 1 fully saturated rings. The largest absolute Gasteiger partial charge is 0.388 e. The topological polar surface area (TPSA) is 35.5 Å². The zero-order chi connectivity index (χ0) is 15.5. The molecule has 1 aliphatic heterocycles. The Balaban J connectivity index is 1.83. The van der Waals surface area contributed by atoms with E-state index >= 15 is 0 Å². The molecule has 3 nitrogen and oxygen atoms in total. The Morgan fingerprint density at radius 3 is 2.29 bits per heavy atom. The molecule has 0 radical (unpaired) electrons. The van der Waals surface area contributed by atoms with Crippen LogP contribution in [-0.2, 0) is 0 Å². The Morgan fingerprint density at radius 1 is 1.19 bits per heavy atom. The predicted molar refractivity (Wildman–Crippen MR) is 91.5 cm³/mol. The van der Waals surface area contributed by atoms with Crippen LogP contribution in [0, 0.1) is 0 Å². The minimum Gasteiger partial charge on any atom is -0.388 e. The molecule has 0 saturated carbocycles. The second-order valence-electron chi connectivity index (χ2n) is 6.51. The van der Waals surface area contributed by atoms with E-state index < -0.39 is 5.60 Å². The fourth-order valence-corrected chi connectivity index (χ4v) is 3.11. The highest BCUT2D eigenvalue weighted by Crippen LogP contribution is 2.24. The molecule has 0 spiro atoms. The van der Waals surface area contributed by atoms with Gasteiger partial charge in [0.25, 0.3) is 0 Å². The smallest absolute Gasteiger partial charge is 0.0796 e. The second kappa shape index (κ2) is 7.23. The zero-order valence-corrected chi connectivity index (χ0v) is 14.9. The van der Waals surface area contributed by atoms with E-state index in [1.807, 2.05) is 0 Å². The number of rotatable bonds is 5. The Bertz CT molecular complexity index is 439. The van der Waals surface area contributed by atoms with Crippen LogP contribution in [0.4, 0.5) is 0 Å². The van der Waals surface area contributed by atoms with Gasteiger partial charge in [-0.15, -0.1) is 0 Å². The lowest BCUT2D eigenvalue weighted by atomic mass is 9.90. The average molecular weight is 355 g/mol. The van der Waals surface area contributed by atoms with E-state index in [2.05, 4.69) is 71.2 Å². The summed E-state index contributed by atoms with van der Waals surface area (Å²) in [5.74, 6) is 0. The number of likely N-dealkylation sites (tertiary alicyclic amines) is 1. The zero-order valence-electron chi connectivity index (χ0n) is 13.3. The fraction of sp³-hybridized carbons (Fsp3) is 0.647. The minimum absolute atomic E-state index is 0.255. The van der Waals surface area contributed by atoms with Crippen molar-refractivity contribution in [2.24, 2.45) is 0 Å². The number of nitrogens with zero attached hydrogens (tertiary/aromatic N) is 1. The Kier molecular flexibility index (Phi) is 5.83. The van der Waals surface area contributed by atoms with Gasteiger partial charge in [-0.3, -0.25) is 0 Å². The number of halogens is 1. The first-order valence-electron chi connectivity index (χ1n) is 7.85. The van der Waals surface area contributed by atoms with Gasteiger partial charge in [0.1, 0.15) is 0 Å². The van der Waals surface area contributed by atoms with Crippen LogP contribution in [-0.4, -0.2) is 41.3 Å². The lowest BCUT2D eigenvalue weighted by Gasteiger charge is -2.40. The molecule has 1 atom stereocenters. The quantitative estimate of drug-likeness (QED) is 0.851. The van der Waals surface area contributed by atoms with E-state index in [9.17, 15) is 5.11 Å². The summed E-state index contributed by atoms with van der Waals surface area (Å²) in [6.07, 6.45) is 1.70. The van der Waals surface area contributed by atoms with Crippen LogP contribution in [0.1, 0.15) is 45.2 Å². The highest BCUT2D eigenvalue weighted by atomic mass is 79.9. The summed E-state index contributed by atoms with van der Waals surface area (Å²) in [5, 5.41) is 14.2. The van der Waals surface area contributed by atoms with Crippen molar-refractivity contribution in [2.75, 3.05) is 19.6 Å². The monoisotopic (exact) mass is 354 g/mol. The third-order valence-corrected chi connectivity index (χ3v) is 5.10. The molecule has 1 aromatic rings. The van der Waals surface area contributed by atoms with E-state index in [-0.39, 0.29) is 6.04 Å². The number of hydrogen-bond donors (Lipinski definition) is 2. The van der Waals surface area contributed by atoms with Gasteiger partial charge in [0.15, 0.2) is 0 Å². The summed E-state index contributed by atoms with van der Waals surface area (Å²) in [6, 6.07) is 9.18. The van der Waals surface area contributed by atoms with Crippen LogP contribution in [0.5, 0.6) is 0 Å². The van der Waals surface area contributed by atoms with E-state index in [1.165, 1.54) is 5.56 Å². The molecular weight excluding hydrogens is 328 g/mol. The van der Waals surface area contributed by atoms with E-state index in [0.717, 1.165) is 30.4 Å². The lowest BCUT2D eigenvalue weighted by molar-refractivity contribution is -0.0277. The highest BCUT2D eigenvalue weighted by Gasteiger charge is 2.33. The van der Waals surface area contributed by atoms with Crippen molar-refractivity contribution in [2.45, 2.75) is 51.3 Å². The van der Waals surface area contributed by atoms with Crippen molar-refractivity contribution < 1.29 is 5.11 Å². The normalized spacial score (nSPS) is 20.7. The fourth-order valence-electron chi connectivity index (χ4n) is 2.85. The Hall–Kier alpha value is -0.420. The molecule has 1 aromatic carbocycles. The summed E-state index contributed by atoms with van der Waals surface area (Å²) in [6.45, 7) is 9.23. The van der Waals surface area contributed by atoms with E-state index in [1.54, 1.807) is 0 Å². The highest BCUT2D eigenvalue weighted by molar-refractivity contribution is 9.10. The van der Waals surface area contributed by atoms with Crippen LogP contribution >= 0.6 is 15.9 Å². The standard InChI is InChI=1S/C17H27BrN2O/c1-13(2)20-10-8-17(21,9-11-20)12-19-14(3)15-4-6-16(18)7-5-15/h4-7,13-14,19,21H,8-12H2,1-3H3/t14-/m1/s1. The van der Waals surface area contributed by atoms with Crippen LogP contribution in [0.25, 0.3) is 0 Å². The molecule has 2 N–H and O–H groups in total. The molecular formula is C17H27BrN2O. The van der Waals surface area contributed by atoms with Gasteiger partial charge in [-0.2, -0.15) is 0 Å². The summed E-state index contributed by atoms with van der Waals surface area (Å²) < 4.78 is 1.10. The molecule has 0 aromatic heterocycles. The van der Waals surface area contributed by atoms with Gasteiger partial charge in [-0.25, -0.2) is 0 Å². The van der Waals surface area contributed by atoms with Crippen molar-refractivity contribution in [1.82, 2.24) is 10.2 Å². The number of benzene rings is 1. The summed E-state index contributed by atoms with van der Waals surface area (Å²) in [4.78, 5) is 2.44. The van der Waals surface area contributed by atoms with Crippen molar-refractivity contribution >= 4 is 15.9 Å². The molecule has 0 aliphatic carbocycles. The van der Waals surface area contributed by atoms with Gasteiger partial charge >= 0.3 is 0 Å². The SMILES string of the molecule is CC(C)N1CCC(O)(CN[C@H](C)c2ccc(Br)cc2)CC1. The molecule has 1 aliphatic rings. The Morgan fingerprint density at radius 2 is 1.76 bits per heavy atom. The van der Waals surface area contributed by atoms with Gasteiger partial charge in [0.05, 0.1) is 5.60 Å². The summed E-state index contributed by atoms with van der Waals surface area (Å²) >= 11 is 3.46. The van der Waals surface area contributed by atoms with Gasteiger partial charge in [0.2, 0.25) is 0 Å². The minimum atomic E-state index is -0.561. The first kappa shape index (κ1) is 16.9. The maximum absolute atomic E-state index is 10.7. The van der Waals surface area contributed by atoms with E-state index in [4.69, 9.17) is 0 Å². The molecule has 0 amide bonds. The first-order valence-corrected chi connectivity index (χ1v) is 8.64. The first-order chi connectivity index (χ1) is 9.89. The van der Waals surface area contributed by atoms with Crippen LogP contribution in [0.3, 0.4) is 0 Å². The van der Waals surface area contributed by atoms with Crippen molar-refractivity contribution in [3.63, 3.8) is 0 Å². The van der Waals surface area contributed by atoms with Crippen LogP contribution < -0.4 is 5.32 Å². The van der Waals surface area contributed by atoms with Crippen LogP contribution in [0.15, 0.2) is 28.7 Å². The predicted octanol–water partition coefficient (Wildman–Crippen LogP) is 3.34.